The predicted octanol–water partition coefficient (Wildman–Crippen LogP) is 2.17. The van der Waals surface area contributed by atoms with E-state index >= 15 is 0 Å². The molecule has 1 unspecified atom stereocenters. The molecule has 1 aliphatic rings. The van der Waals surface area contributed by atoms with Crippen LogP contribution in [0.1, 0.15) is 25.8 Å². The van der Waals surface area contributed by atoms with Crippen molar-refractivity contribution >= 4 is 0 Å². The Balaban J connectivity index is 1.72. The lowest BCUT2D eigenvalue weighted by atomic mass is 10.1. The summed E-state index contributed by atoms with van der Waals surface area (Å²) >= 11 is 0. The van der Waals surface area contributed by atoms with Gasteiger partial charge in [0.05, 0.1) is 6.10 Å². The van der Waals surface area contributed by atoms with Crippen LogP contribution in [0, 0.1) is 5.92 Å². The quantitative estimate of drug-likeness (QED) is 0.809. The van der Waals surface area contributed by atoms with Crippen LogP contribution in [0.25, 0.3) is 0 Å². The van der Waals surface area contributed by atoms with Crippen LogP contribution < -0.4 is 15.4 Å². The lowest BCUT2D eigenvalue weighted by Gasteiger charge is -2.12. The van der Waals surface area contributed by atoms with Gasteiger partial charge in [0.2, 0.25) is 0 Å². The van der Waals surface area contributed by atoms with Crippen molar-refractivity contribution in [2.75, 3.05) is 19.6 Å². The van der Waals surface area contributed by atoms with Crippen LogP contribution >= 0.6 is 0 Å². The van der Waals surface area contributed by atoms with Crippen molar-refractivity contribution in [3.05, 3.63) is 29.8 Å². The molecule has 1 aromatic carbocycles. The van der Waals surface area contributed by atoms with E-state index < -0.39 is 0 Å². The molecule has 0 radical (unpaired) electrons. The minimum absolute atomic E-state index is 0.240. The Kier molecular flexibility index (Phi) is 5.02. The van der Waals surface area contributed by atoms with Gasteiger partial charge in [-0.3, -0.25) is 0 Å². The summed E-state index contributed by atoms with van der Waals surface area (Å²) in [7, 11) is 0. The van der Waals surface area contributed by atoms with Crippen molar-refractivity contribution in [2.24, 2.45) is 5.92 Å². The zero-order valence-electron chi connectivity index (χ0n) is 11.4. The number of hydrogen-bond acceptors (Lipinski definition) is 3. The molecular formula is C15H24N2O. The molecule has 3 nitrogen and oxygen atoms in total. The molecule has 3 heteroatoms. The van der Waals surface area contributed by atoms with E-state index in [0.29, 0.717) is 0 Å². The predicted molar refractivity (Wildman–Crippen MR) is 74.9 cm³/mol. The Morgan fingerprint density at radius 1 is 1.33 bits per heavy atom. The summed E-state index contributed by atoms with van der Waals surface area (Å²) in [6, 6.07) is 8.37. The first-order valence-electron chi connectivity index (χ1n) is 6.91. The third kappa shape index (κ3) is 4.31. The van der Waals surface area contributed by atoms with E-state index in [1.54, 1.807) is 0 Å². The van der Waals surface area contributed by atoms with E-state index in [2.05, 4.69) is 22.8 Å². The van der Waals surface area contributed by atoms with Gasteiger partial charge >= 0.3 is 0 Å². The molecule has 1 aromatic rings. The minimum atomic E-state index is 0.240. The van der Waals surface area contributed by atoms with Crippen LogP contribution in [-0.4, -0.2) is 25.7 Å². The number of benzene rings is 1. The van der Waals surface area contributed by atoms with Gasteiger partial charge in [-0.2, -0.15) is 0 Å². The van der Waals surface area contributed by atoms with E-state index in [1.165, 1.54) is 18.5 Å². The maximum atomic E-state index is 5.63. The van der Waals surface area contributed by atoms with E-state index in [9.17, 15) is 0 Å². The van der Waals surface area contributed by atoms with Gasteiger partial charge in [0.25, 0.3) is 0 Å². The highest BCUT2D eigenvalue weighted by Gasteiger charge is 2.13. The third-order valence-electron chi connectivity index (χ3n) is 3.22. The SMILES string of the molecule is CC(C)Oc1ccc(CNCC2CCNC2)cc1. The van der Waals surface area contributed by atoms with Crippen molar-refractivity contribution in [1.82, 2.24) is 10.6 Å². The number of rotatable bonds is 6. The van der Waals surface area contributed by atoms with Crippen LogP contribution in [0.5, 0.6) is 5.75 Å². The molecule has 0 amide bonds. The summed E-state index contributed by atoms with van der Waals surface area (Å²) in [6.45, 7) is 8.48. The number of ether oxygens (including phenoxy) is 1. The largest absolute Gasteiger partial charge is 0.491 e. The second kappa shape index (κ2) is 6.76. The second-order valence-corrected chi connectivity index (χ2v) is 5.30. The summed E-state index contributed by atoms with van der Waals surface area (Å²) in [5.74, 6) is 1.75. The first-order valence-corrected chi connectivity index (χ1v) is 6.91. The molecule has 0 bridgehead atoms. The average Bonchev–Trinajstić information content (AvgIpc) is 2.84. The van der Waals surface area contributed by atoms with Crippen molar-refractivity contribution in [3.8, 4) is 5.75 Å². The van der Waals surface area contributed by atoms with Crippen LogP contribution in [0.4, 0.5) is 0 Å². The van der Waals surface area contributed by atoms with E-state index in [0.717, 1.165) is 31.3 Å². The molecular weight excluding hydrogens is 224 g/mol. The van der Waals surface area contributed by atoms with E-state index in [1.807, 2.05) is 26.0 Å². The molecule has 1 atom stereocenters. The van der Waals surface area contributed by atoms with E-state index in [-0.39, 0.29) is 6.10 Å². The highest BCUT2D eigenvalue weighted by atomic mass is 16.5. The van der Waals surface area contributed by atoms with Crippen LogP contribution in [0.15, 0.2) is 24.3 Å². The zero-order chi connectivity index (χ0) is 12.8. The van der Waals surface area contributed by atoms with Crippen molar-refractivity contribution < 1.29 is 4.74 Å². The molecule has 2 rings (SSSR count). The highest BCUT2D eigenvalue weighted by Crippen LogP contribution is 2.14. The van der Waals surface area contributed by atoms with Crippen LogP contribution in [-0.2, 0) is 6.54 Å². The molecule has 0 saturated carbocycles. The molecule has 1 fully saturated rings. The molecule has 0 aliphatic carbocycles. The van der Waals surface area contributed by atoms with Gasteiger partial charge in [0.1, 0.15) is 5.75 Å². The Hall–Kier alpha value is -1.06. The van der Waals surface area contributed by atoms with Crippen molar-refractivity contribution in [1.29, 1.82) is 0 Å². The fraction of sp³-hybridized carbons (Fsp3) is 0.600. The third-order valence-corrected chi connectivity index (χ3v) is 3.22. The maximum Gasteiger partial charge on any atom is 0.119 e. The van der Waals surface area contributed by atoms with Gasteiger partial charge < -0.3 is 15.4 Å². The smallest absolute Gasteiger partial charge is 0.119 e. The summed E-state index contributed by atoms with van der Waals surface area (Å²) in [6.07, 6.45) is 1.54. The van der Waals surface area contributed by atoms with E-state index in [4.69, 9.17) is 4.74 Å². The topological polar surface area (TPSA) is 33.3 Å². The summed E-state index contributed by atoms with van der Waals surface area (Å²) in [5, 5.41) is 6.91. The molecule has 2 N–H and O–H groups in total. The van der Waals surface area contributed by atoms with Gasteiger partial charge in [-0.1, -0.05) is 12.1 Å². The minimum Gasteiger partial charge on any atom is -0.491 e. The number of nitrogens with one attached hydrogen (secondary N) is 2. The van der Waals surface area contributed by atoms with Gasteiger partial charge in [0, 0.05) is 6.54 Å². The summed E-state index contributed by atoms with van der Waals surface area (Å²) < 4.78 is 5.63. The fourth-order valence-electron chi connectivity index (χ4n) is 2.27. The Bertz CT molecular complexity index is 342. The molecule has 0 spiro atoms. The van der Waals surface area contributed by atoms with Gasteiger partial charge in [-0.15, -0.1) is 0 Å². The van der Waals surface area contributed by atoms with Crippen molar-refractivity contribution in [2.45, 2.75) is 32.9 Å². The molecule has 18 heavy (non-hydrogen) atoms. The number of hydrogen-bond donors (Lipinski definition) is 2. The van der Waals surface area contributed by atoms with Crippen molar-refractivity contribution in [3.63, 3.8) is 0 Å². The summed E-state index contributed by atoms with van der Waals surface area (Å²) in [4.78, 5) is 0. The molecule has 0 aromatic heterocycles. The first kappa shape index (κ1) is 13.4. The van der Waals surface area contributed by atoms with Crippen LogP contribution in [0.2, 0.25) is 0 Å². The molecule has 1 aliphatic heterocycles. The van der Waals surface area contributed by atoms with Gasteiger partial charge in [0.15, 0.2) is 0 Å². The second-order valence-electron chi connectivity index (χ2n) is 5.30. The average molecular weight is 248 g/mol. The maximum absolute atomic E-state index is 5.63. The summed E-state index contributed by atoms with van der Waals surface area (Å²) in [5.41, 5.74) is 1.32. The van der Waals surface area contributed by atoms with Gasteiger partial charge in [-0.05, 0) is 63.5 Å². The highest BCUT2D eigenvalue weighted by molar-refractivity contribution is 5.27. The Labute approximate surface area is 110 Å². The normalized spacial score (nSPS) is 19.4. The first-order chi connectivity index (χ1) is 8.74. The molecule has 1 saturated heterocycles. The Morgan fingerprint density at radius 3 is 2.72 bits per heavy atom. The molecule has 1 heterocycles. The monoisotopic (exact) mass is 248 g/mol. The lowest BCUT2D eigenvalue weighted by molar-refractivity contribution is 0.242. The fourth-order valence-corrected chi connectivity index (χ4v) is 2.27. The molecule has 100 valence electrons. The standard InChI is InChI=1S/C15H24N2O/c1-12(2)18-15-5-3-13(4-6-15)9-17-11-14-7-8-16-10-14/h3-6,12,14,16-17H,7-11H2,1-2H3. The zero-order valence-corrected chi connectivity index (χ0v) is 11.4. The lowest BCUT2D eigenvalue weighted by Crippen LogP contribution is -2.24. The van der Waals surface area contributed by atoms with Gasteiger partial charge in [-0.25, -0.2) is 0 Å². The Morgan fingerprint density at radius 2 is 2.11 bits per heavy atom. The van der Waals surface area contributed by atoms with Crippen LogP contribution in [0.3, 0.4) is 0 Å².